The Kier molecular flexibility index (Phi) is 7.08. The molecule has 7 heteroatoms. The summed E-state index contributed by atoms with van der Waals surface area (Å²) in [5.74, 6) is 0.734. The highest BCUT2D eigenvalue weighted by Crippen LogP contribution is 2.26. The molecule has 0 bridgehead atoms. The number of likely N-dealkylation sites (N-methyl/N-ethyl adjacent to an activating group) is 1. The fourth-order valence-corrected chi connectivity index (χ4v) is 3.87. The van der Waals surface area contributed by atoms with Gasteiger partial charge < -0.3 is 10.1 Å². The quantitative estimate of drug-likeness (QED) is 0.547. The lowest BCUT2D eigenvalue weighted by molar-refractivity contribution is -0.117. The number of thioether (sulfide) groups is 1. The van der Waals surface area contributed by atoms with Gasteiger partial charge in [0.2, 0.25) is 5.91 Å². The first kappa shape index (κ1) is 20.4. The number of ether oxygens (including phenoxy) is 1. The van der Waals surface area contributed by atoms with Crippen LogP contribution in [0, 0.1) is 0 Å². The topological polar surface area (TPSA) is 54.5 Å². The number of methoxy groups -OCH3 is 1. The van der Waals surface area contributed by atoms with E-state index in [1.165, 1.54) is 21.8 Å². The summed E-state index contributed by atoms with van der Waals surface area (Å²) in [5.41, 5.74) is 3.01. The number of nitrogens with one attached hydrogen (secondary N) is 1. The predicted octanol–water partition coefficient (Wildman–Crippen LogP) is 4.61. The van der Waals surface area contributed by atoms with Gasteiger partial charge in [0.25, 0.3) is 0 Å². The van der Waals surface area contributed by atoms with Gasteiger partial charge in [-0.25, -0.2) is 4.98 Å². The van der Waals surface area contributed by atoms with Crippen LogP contribution in [0.1, 0.15) is 5.56 Å². The van der Waals surface area contributed by atoms with Crippen LogP contribution in [0.3, 0.4) is 0 Å². The second-order valence-corrected chi connectivity index (χ2v) is 8.07. The van der Waals surface area contributed by atoms with Crippen molar-refractivity contribution in [2.24, 2.45) is 0 Å². The average Bonchev–Trinajstić information content (AvgIpc) is 3.16. The maximum absolute atomic E-state index is 12.3. The van der Waals surface area contributed by atoms with Crippen molar-refractivity contribution in [3.05, 3.63) is 59.5 Å². The fourth-order valence-electron chi connectivity index (χ4n) is 2.73. The SMILES string of the molecule is COc1ccc(-c2csc(NC(=O)CN(C)Cc3ccc(SC)cc3)n2)cc1. The number of rotatable bonds is 8. The molecule has 28 heavy (non-hydrogen) atoms. The zero-order valence-corrected chi connectivity index (χ0v) is 17.8. The van der Waals surface area contributed by atoms with Crippen LogP contribution in [-0.2, 0) is 11.3 Å². The molecule has 3 rings (SSSR count). The minimum absolute atomic E-state index is 0.0705. The number of nitrogens with zero attached hydrogens (tertiary/aromatic N) is 2. The van der Waals surface area contributed by atoms with E-state index >= 15 is 0 Å². The third kappa shape index (κ3) is 5.58. The van der Waals surface area contributed by atoms with Crippen LogP contribution in [0.25, 0.3) is 11.3 Å². The van der Waals surface area contributed by atoms with Crippen molar-refractivity contribution in [2.45, 2.75) is 11.4 Å². The zero-order valence-electron chi connectivity index (χ0n) is 16.1. The average molecular weight is 414 g/mol. The van der Waals surface area contributed by atoms with E-state index in [1.54, 1.807) is 18.9 Å². The van der Waals surface area contributed by atoms with E-state index in [0.29, 0.717) is 11.7 Å². The molecule has 0 radical (unpaired) electrons. The Bertz CT molecular complexity index is 908. The minimum atomic E-state index is -0.0705. The van der Waals surface area contributed by atoms with Gasteiger partial charge in [-0.05, 0) is 55.3 Å². The van der Waals surface area contributed by atoms with Crippen molar-refractivity contribution in [3.8, 4) is 17.0 Å². The second kappa shape index (κ2) is 9.73. The fraction of sp³-hybridized carbons (Fsp3) is 0.238. The van der Waals surface area contributed by atoms with Crippen molar-refractivity contribution < 1.29 is 9.53 Å². The largest absolute Gasteiger partial charge is 0.497 e. The molecular weight excluding hydrogens is 390 g/mol. The molecule has 0 unspecified atom stereocenters. The summed E-state index contributed by atoms with van der Waals surface area (Å²) in [5, 5.41) is 5.43. The van der Waals surface area contributed by atoms with E-state index in [0.717, 1.165) is 23.6 Å². The molecule has 0 saturated heterocycles. The molecule has 0 aliphatic carbocycles. The summed E-state index contributed by atoms with van der Waals surface area (Å²) in [6.45, 7) is 1.03. The Balaban J connectivity index is 1.53. The first-order chi connectivity index (χ1) is 13.6. The van der Waals surface area contributed by atoms with E-state index < -0.39 is 0 Å². The molecule has 1 heterocycles. The van der Waals surface area contributed by atoms with Gasteiger partial charge >= 0.3 is 0 Å². The minimum Gasteiger partial charge on any atom is -0.497 e. The van der Waals surface area contributed by atoms with Gasteiger partial charge in [-0.3, -0.25) is 9.69 Å². The summed E-state index contributed by atoms with van der Waals surface area (Å²) in [6.07, 6.45) is 2.06. The van der Waals surface area contributed by atoms with Gasteiger partial charge in [-0.2, -0.15) is 0 Å². The third-order valence-corrected chi connectivity index (χ3v) is 5.66. The Hall–Kier alpha value is -2.35. The van der Waals surface area contributed by atoms with Crippen LogP contribution in [0.15, 0.2) is 58.8 Å². The van der Waals surface area contributed by atoms with Crippen LogP contribution in [0.4, 0.5) is 5.13 Å². The molecule has 3 aromatic rings. The first-order valence-electron chi connectivity index (χ1n) is 8.78. The summed E-state index contributed by atoms with van der Waals surface area (Å²) in [7, 11) is 3.58. The number of amides is 1. The lowest BCUT2D eigenvalue weighted by atomic mass is 10.2. The highest BCUT2D eigenvalue weighted by Gasteiger charge is 2.11. The van der Waals surface area contributed by atoms with E-state index in [1.807, 2.05) is 41.6 Å². The van der Waals surface area contributed by atoms with Gasteiger partial charge in [-0.15, -0.1) is 23.1 Å². The number of hydrogen-bond donors (Lipinski definition) is 1. The van der Waals surface area contributed by atoms with Gasteiger partial charge in [0.15, 0.2) is 5.13 Å². The molecule has 1 amide bonds. The maximum Gasteiger partial charge on any atom is 0.240 e. The zero-order chi connectivity index (χ0) is 19.9. The normalized spacial score (nSPS) is 10.9. The van der Waals surface area contributed by atoms with Crippen LogP contribution < -0.4 is 10.1 Å². The Morgan fingerprint density at radius 2 is 1.89 bits per heavy atom. The van der Waals surface area contributed by atoms with Gasteiger partial charge in [0, 0.05) is 22.4 Å². The molecule has 1 N–H and O–H groups in total. The van der Waals surface area contributed by atoms with Crippen molar-refractivity contribution >= 4 is 34.1 Å². The number of aromatic nitrogens is 1. The molecule has 0 atom stereocenters. The van der Waals surface area contributed by atoms with Crippen LogP contribution in [0.5, 0.6) is 5.75 Å². The van der Waals surface area contributed by atoms with Crippen LogP contribution in [0.2, 0.25) is 0 Å². The van der Waals surface area contributed by atoms with Crippen molar-refractivity contribution in [1.29, 1.82) is 0 Å². The van der Waals surface area contributed by atoms with E-state index in [2.05, 4.69) is 40.8 Å². The number of benzene rings is 2. The van der Waals surface area contributed by atoms with E-state index in [-0.39, 0.29) is 5.91 Å². The molecule has 2 aromatic carbocycles. The second-order valence-electron chi connectivity index (χ2n) is 6.33. The van der Waals surface area contributed by atoms with Gasteiger partial charge in [0.1, 0.15) is 5.75 Å². The number of hydrogen-bond acceptors (Lipinski definition) is 6. The summed E-state index contributed by atoms with van der Waals surface area (Å²) in [6, 6.07) is 16.1. The van der Waals surface area contributed by atoms with E-state index in [4.69, 9.17) is 4.74 Å². The molecule has 5 nitrogen and oxygen atoms in total. The standard InChI is InChI=1S/C21H23N3O2S2/c1-24(12-15-4-10-18(27-3)11-5-15)13-20(25)23-21-22-19(14-28-21)16-6-8-17(26-2)9-7-16/h4-11,14H,12-13H2,1-3H3,(H,22,23,25). The number of carbonyl (C=O) groups excluding carboxylic acids is 1. The third-order valence-electron chi connectivity index (χ3n) is 4.16. The molecule has 146 valence electrons. The Morgan fingerprint density at radius 1 is 1.18 bits per heavy atom. The lowest BCUT2D eigenvalue weighted by Crippen LogP contribution is -2.29. The molecule has 1 aromatic heterocycles. The molecule has 0 fully saturated rings. The van der Waals surface area contributed by atoms with Gasteiger partial charge in [0.05, 0.1) is 19.3 Å². The smallest absolute Gasteiger partial charge is 0.240 e. The maximum atomic E-state index is 12.3. The number of thiazole rings is 1. The van der Waals surface area contributed by atoms with Crippen molar-refractivity contribution in [1.82, 2.24) is 9.88 Å². The molecule has 0 aliphatic rings. The number of carbonyl (C=O) groups is 1. The summed E-state index contributed by atoms with van der Waals surface area (Å²) in [4.78, 5) is 20.1. The monoisotopic (exact) mass is 413 g/mol. The highest BCUT2D eigenvalue weighted by molar-refractivity contribution is 7.98. The van der Waals surface area contributed by atoms with Crippen LogP contribution in [-0.4, -0.2) is 42.7 Å². The van der Waals surface area contributed by atoms with E-state index in [9.17, 15) is 4.79 Å². The van der Waals surface area contributed by atoms with Crippen LogP contribution >= 0.6 is 23.1 Å². The van der Waals surface area contributed by atoms with Crippen molar-refractivity contribution in [3.63, 3.8) is 0 Å². The number of anilines is 1. The molecule has 0 aliphatic heterocycles. The molecule has 0 saturated carbocycles. The van der Waals surface area contributed by atoms with Gasteiger partial charge in [-0.1, -0.05) is 12.1 Å². The summed E-state index contributed by atoms with van der Waals surface area (Å²) < 4.78 is 5.17. The Labute approximate surface area is 173 Å². The molecular formula is C21H23N3O2S2. The summed E-state index contributed by atoms with van der Waals surface area (Å²) >= 11 is 3.14. The molecule has 0 spiro atoms. The first-order valence-corrected chi connectivity index (χ1v) is 10.9. The lowest BCUT2D eigenvalue weighted by Gasteiger charge is -2.16. The predicted molar refractivity (Wildman–Crippen MR) is 117 cm³/mol. The highest BCUT2D eigenvalue weighted by atomic mass is 32.2. The van der Waals surface area contributed by atoms with Crippen molar-refractivity contribution in [2.75, 3.05) is 32.3 Å². The Morgan fingerprint density at radius 3 is 2.54 bits per heavy atom.